The molecule has 0 atom stereocenters. The number of rotatable bonds is 7. The summed E-state index contributed by atoms with van der Waals surface area (Å²) < 4.78 is 38.5. The topological polar surface area (TPSA) is 165 Å². The average molecular weight is 511 g/mol. The molecule has 2 aromatic carbocycles. The average Bonchev–Trinajstić information content (AvgIpc) is 3.25. The Morgan fingerprint density at radius 1 is 1.14 bits per heavy atom. The van der Waals surface area contributed by atoms with Gasteiger partial charge in [0.2, 0.25) is 0 Å². The Hall–Kier alpha value is -4.70. The number of ether oxygens (including phenoxy) is 2. The number of carbonyl (C=O) groups excluding carboxylic acids is 2. The Kier molecular flexibility index (Phi) is 8.03. The molecule has 12 nitrogen and oxygen atoms in total. The molecule has 13 heteroatoms. The van der Waals surface area contributed by atoms with Crippen LogP contribution in [-0.2, 0) is 14.8 Å². The van der Waals surface area contributed by atoms with Gasteiger partial charge in [-0.05, 0) is 50.2 Å². The van der Waals surface area contributed by atoms with E-state index in [1.165, 1.54) is 30.1 Å². The SMILES string of the molecule is CCOC(=O)/N=C(\C#N)c1ncn(-c2ccc(OC)cc2)c1NC(=O)NS(=O)(=O)c1ccc(C)cc1. The van der Waals surface area contributed by atoms with Gasteiger partial charge in [0.05, 0.1) is 18.6 Å². The summed E-state index contributed by atoms with van der Waals surface area (Å²) in [5.74, 6) is 0.457. The first-order valence-electron chi connectivity index (χ1n) is 10.5. The maximum absolute atomic E-state index is 12.8. The highest BCUT2D eigenvalue weighted by Crippen LogP contribution is 2.23. The molecular weight excluding hydrogens is 488 g/mol. The molecule has 0 saturated heterocycles. The molecule has 3 amide bonds. The third kappa shape index (κ3) is 6.05. The van der Waals surface area contributed by atoms with Crippen molar-refractivity contribution >= 4 is 33.7 Å². The lowest BCUT2D eigenvalue weighted by Gasteiger charge is -2.13. The van der Waals surface area contributed by atoms with Gasteiger partial charge >= 0.3 is 12.1 Å². The molecule has 2 N–H and O–H groups in total. The highest BCUT2D eigenvalue weighted by atomic mass is 32.2. The van der Waals surface area contributed by atoms with Gasteiger partial charge in [0.1, 0.15) is 29.7 Å². The maximum Gasteiger partial charge on any atom is 0.434 e. The minimum Gasteiger partial charge on any atom is -0.497 e. The van der Waals surface area contributed by atoms with E-state index in [0.717, 1.165) is 5.56 Å². The molecule has 36 heavy (non-hydrogen) atoms. The number of methoxy groups -OCH3 is 1. The van der Waals surface area contributed by atoms with E-state index < -0.39 is 27.9 Å². The highest BCUT2D eigenvalue weighted by molar-refractivity contribution is 7.90. The van der Waals surface area contributed by atoms with Gasteiger partial charge in [0, 0.05) is 5.69 Å². The lowest BCUT2D eigenvalue weighted by molar-refractivity contribution is 0.163. The summed E-state index contributed by atoms with van der Waals surface area (Å²) in [5, 5.41) is 12.0. The van der Waals surface area contributed by atoms with Gasteiger partial charge in [0.25, 0.3) is 10.0 Å². The monoisotopic (exact) mass is 510 g/mol. The van der Waals surface area contributed by atoms with E-state index in [0.29, 0.717) is 11.4 Å². The van der Waals surface area contributed by atoms with Gasteiger partial charge in [-0.15, -0.1) is 0 Å². The molecule has 0 bridgehead atoms. The van der Waals surface area contributed by atoms with Crippen LogP contribution < -0.4 is 14.8 Å². The smallest absolute Gasteiger partial charge is 0.434 e. The first-order chi connectivity index (χ1) is 17.2. The van der Waals surface area contributed by atoms with Crippen molar-refractivity contribution in [3.8, 4) is 17.5 Å². The van der Waals surface area contributed by atoms with Crippen LogP contribution in [0, 0.1) is 18.3 Å². The fourth-order valence-corrected chi connectivity index (χ4v) is 3.90. The number of nitriles is 1. The van der Waals surface area contributed by atoms with Crippen LogP contribution in [0.5, 0.6) is 5.75 Å². The molecule has 0 spiro atoms. The molecule has 0 radical (unpaired) electrons. The van der Waals surface area contributed by atoms with Crippen LogP contribution in [0.2, 0.25) is 0 Å². The Balaban J connectivity index is 2.01. The normalized spacial score (nSPS) is 11.3. The summed E-state index contributed by atoms with van der Waals surface area (Å²) in [6.45, 7) is 3.40. The number of aryl methyl sites for hydroxylation is 1. The number of aliphatic imine (C=N–C) groups is 1. The van der Waals surface area contributed by atoms with Gasteiger partial charge in [-0.1, -0.05) is 17.7 Å². The zero-order valence-corrected chi connectivity index (χ0v) is 20.4. The van der Waals surface area contributed by atoms with Gasteiger partial charge in [0.15, 0.2) is 5.71 Å². The summed E-state index contributed by atoms with van der Waals surface area (Å²) >= 11 is 0. The van der Waals surface area contributed by atoms with Gasteiger partial charge in [-0.3, -0.25) is 9.88 Å². The van der Waals surface area contributed by atoms with Gasteiger partial charge in [-0.2, -0.15) is 10.3 Å². The lowest BCUT2D eigenvalue weighted by Crippen LogP contribution is -2.35. The number of carbonyl (C=O) groups is 2. The molecule has 0 aliphatic carbocycles. The number of nitrogens with zero attached hydrogens (tertiary/aromatic N) is 4. The van der Waals surface area contributed by atoms with E-state index in [4.69, 9.17) is 9.47 Å². The number of hydrogen-bond acceptors (Lipinski definition) is 8. The van der Waals surface area contributed by atoms with Crippen LogP contribution in [-0.4, -0.2) is 49.5 Å². The first-order valence-corrected chi connectivity index (χ1v) is 11.9. The zero-order chi connectivity index (χ0) is 26.3. The van der Waals surface area contributed by atoms with E-state index in [9.17, 15) is 23.3 Å². The van der Waals surface area contributed by atoms with Crippen molar-refractivity contribution in [3.05, 3.63) is 66.1 Å². The molecule has 0 aliphatic heterocycles. The largest absolute Gasteiger partial charge is 0.497 e. The summed E-state index contributed by atoms with van der Waals surface area (Å²) in [7, 11) is -2.71. The standard InChI is InChI=1S/C23H22N6O6S/c1-4-35-23(31)26-19(13-24)20-21(29(14-25-20)16-7-9-17(34-3)10-8-16)27-22(30)28-36(32,33)18-11-5-15(2)6-12-18/h5-12,14H,4H2,1-3H3,(H2,27,28,30)/b26-19+. The number of sulfonamides is 1. The Labute approximate surface area is 207 Å². The number of hydrogen-bond donors (Lipinski definition) is 2. The summed E-state index contributed by atoms with van der Waals surface area (Å²) in [6.07, 6.45) is 0.254. The molecule has 0 unspecified atom stereocenters. The van der Waals surface area contributed by atoms with E-state index in [2.05, 4.69) is 15.3 Å². The van der Waals surface area contributed by atoms with Crippen LogP contribution in [0.25, 0.3) is 5.69 Å². The van der Waals surface area contributed by atoms with Gasteiger partial charge < -0.3 is 9.47 Å². The van der Waals surface area contributed by atoms with Crippen LogP contribution in [0.3, 0.4) is 0 Å². The summed E-state index contributed by atoms with van der Waals surface area (Å²) in [6, 6.07) is 13.1. The van der Waals surface area contributed by atoms with Crippen molar-refractivity contribution in [3.63, 3.8) is 0 Å². The predicted molar refractivity (Wildman–Crippen MR) is 130 cm³/mol. The zero-order valence-electron chi connectivity index (χ0n) is 19.5. The van der Waals surface area contributed by atoms with Crippen molar-refractivity contribution in [2.24, 2.45) is 4.99 Å². The number of benzene rings is 2. The molecule has 3 aromatic rings. The van der Waals surface area contributed by atoms with Crippen molar-refractivity contribution in [2.45, 2.75) is 18.7 Å². The van der Waals surface area contributed by atoms with Crippen LogP contribution in [0.15, 0.2) is 64.7 Å². The van der Waals surface area contributed by atoms with Crippen LogP contribution in [0.4, 0.5) is 15.4 Å². The third-order valence-electron chi connectivity index (χ3n) is 4.71. The van der Waals surface area contributed by atoms with Crippen molar-refractivity contribution in [1.82, 2.24) is 14.3 Å². The van der Waals surface area contributed by atoms with E-state index in [-0.39, 0.29) is 23.0 Å². The summed E-state index contributed by atoms with van der Waals surface area (Å²) in [5.41, 5.74) is 0.706. The van der Waals surface area contributed by atoms with Crippen molar-refractivity contribution < 1.29 is 27.5 Å². The Bertz CT molecular complexity index is 1440. The molecule has 0 saturated carbocycles. The molecule has 1 aromatic heterocycles. The second-order valence-corrected chi connectivity index (χ2v) is 8.84. The van der Waals surface area contributed by atoms with Crippen LogP contribution >= 0.6 is 0 Å². The van der Waals surface area contributed by atoms with Crippen LogP contribution in [0.1, 0.15) is 18.2 Å². The number of amides is 3. The first kappa shape index (κ1) is 25.9. The molecule has 0 fully saturated rings. The number of nitrogens with one attached hydrogen (secondary N) is 2. The number of aromatic nitrogens is 2. The Morgan fingerprint density at radius 2 is 1.81 bits per heavy atom. The number of imidazole rings is 1. The highest BCUT2D eigenvalue weighted by Gasteiger charge is 2.24. The third-order valence-corrected chi connectivity index (χ3v) is 6.06. The second kappa shape index (κ2) is 11.2. The molecule has 1 heterocycles. The number of urea groups is 1. The van der Waals surface area contributed by atoms with Crippen molar-refractivity contribution in [1.29, 1.82) is 5.26 Å². The van der Waals surface area contributed by atoms with Gasteiger partial charge in [-0.25, -0.2) is 27.7 Å². The lowest BCUT2D eigenvalue weighted by atomic mass is 10.2. The van der Waals surface area contributed by atoms with E-state index in [1.807, 2.05) is 4.72 Å². The predicted octanol–water partition coefficient (Wildman–Crippen LogP) is 3.17. The molecular formula is C23H22N6O6S. The van der Waals surface area contributed by atoms with Crippen molar-refractivity contribution in [2.75, 3.05) is 19.0 Å². The minimum atomic E-state index is -4.21. The second-order valence-electron chi connectivity index (χ2n) is 7.15. The minimum absolute atomic E-state index is 0.0334. The fourth-order valence-electron chi connectivity index (χ4n) is 2.99. The summed E-state index contributed by atoms with van der Waals surface area (Å²) in [4.78, 5) is 32.2. The molecule has 3 rings (SSSR count). The molecule has 0 aliphatic rings. The quantitative estimate of drug-likeness (QED) is 0.457. The fraction of sp³-hybridized carbons (Fsp3) is 0.174. The Morgan fingerprint density at radius 3 is 2.39 bits per heavy atom. The maximum atomic E-state index is 12.8. The van der Waals surface area contributed by atoms with E-state index in [1.54, 1.807) is 56.3 Å². The van der Waals surface area contributed by atoms with E-state index >= 15 is 0 Å². The molecule has 186 valence electrons. The number of anilines is 1.